The van der Waals surface area contributed by atoms with Gasteiger partial charge in [-0.05, 0) is 56.6 Å². The lowest BCUT2D eigenvalue weighted by Crippen LogP contribution is -2.30. The normalized spacial score (nSPS) is 15.1. The third-order valence-electron chi connectivity index (χ3n) is 5.71. The van der Waals surface area contributed by atoms with Gasteiger partial charge in [-0.1, -0.05) is 19.8 Å². The standard InChI is InChI=1S/C23H28N4O2/c1-2-3-11-27-19(16-26-9-5-4-6-10-26)12-18-14-21(25-15-22(18)27)20-13-17(23(28)29)7-8-24-20/h7-8,12-15H,2-6,9-11,16H2,1H3,(H,28,29). The van der Waals surface area contributed by atoms with E-state index < -0.39 is 5.97 Å². The Hall–Kier alpha value is -2.73. The van der Waals surface area contributed by atoms with Gasteiger partial charge in [-0.15, -0.1) is 0 Å². The highest BCUT2D eigenvalue weighted by Gasteiger charge is 2.16. The van der Waals surface area contributed by atoms with E-state index in [0.717, 1.165) is 36.8 Å². The van der Waals surface area contributed by atoms with Gasteiger partial charge in [-0.3, -0.25) is 14.9 Å². The Bertz CT molecular complexity index is 1010. The van der Waals surface area contributed by atoms with Crippen molar-refractivity contribution in [2.24, 2.45) is 0 Å². The summed E-state index contributed by atoms with van der Waals surface area (Å²) in [5.74, 6) is -0.954. The fraction of sp³-hybridized carbons (Fsp3) is 0.435. The lowest BCUT2D eigenvalue weighted by atomic mass is 10.1. The SMILES string of the molecule is CCCCn1c(CN2CCCCC2)cc2cc(-c3cc(C(=O)O)ccn3)ncc21. The topological polar surface area (TPSA) is 71.2 Å². The van der Waals surface area contributed by atoms with Crippen LogP contribution in [0, 0.1) is 0 Å². The molecule has 3 aromatic heterocycles. The van der Waals surface area contributed by atoms with Crippen molar-refractivity contribution in [2.75, 3.05) is 13.1 Å². The molecule has 1 N–H and O–H groups in total. The predicted molar refractivity (Wildman–Crippen MR) is 114 cm³/mol. The Labute approximate surface area is 171 Å². The number of pyridine rings is 2. The molecule has 152 valence electrons. The molecule has 1 saturated heterocycles. The van der Waals surface area contributed by atoms with Gasteiger partial charge in [-0.25, -0.2) is 4.79 Å². The van der Waals surface area contributed by atoms with Crippen LogP contribution < -0.4 is 0 Å². The summed E-state index contributed by atoms with van der Waals surface area (Å²) >= 11 is 0. The van der Waals surface area contributed by atoms with Crippen molar-refractivity contribution in [1.82, 2.24) is 19.4 Å². The van der Waals surface area contributed by atoms with Crippen LogP contribution in [0.1, 0.15) is 55.1 Å². The zero-order chi connectivity index (χ0) is 20.2. The van der Waals surface area contributed by atoms with Gasteiger partial charge in [0, 0.05) is 30.4 Å². The lowest BCUT2D eigenvalue weighted by Gasteiger charge is -2.27. The minimum Gasteiger partial charge on any atom is -0.478 e. The number of piperidine rings is 1. The average molecular weight is 393 g/mol. The second kappa shape index (κ2) is 8.74. The Morgan fingerprint density at radius 1 is 1.10 bits per heavy atom. The highest BCUT2D eigenvalue weighted by atomic mass is 16.4. The monoisotopic (exact) mass is 392 g/mol. The van der Waals surface area contributed by atoms with Crippen LogP contribution >= 0.6 is 0 Å². The lowest BCUT2D eigenvalue weighted by molar-refractivity contribution is 0.0697. The third-order valence-corrected chi connectivity index (χ3v) is 5.71. The molecule has 6 heteroatoms. The quantitative estimate of drug-likeness (QED) is 0.637. The molecule has 0 atom stereocenters. The van der Waals surface area contributed by atoms with E-state index in [1.807, 2.05) is 12.3 Å². The summed E-state index contributed by atoms with van der Waals surface area (Å²) in [6.07, 6.45) is 9.64. The molecule has 0 saturated carbocycles. The number of aromatic carboxylic acids is 1. The van der Waals surface area contributed by atoms with Crippen molar-refractivity contribution in [3.63, 3.8) is 0 Å². The number of hydrogen-bond donors (Lipinski definition) is 1. The third kappa shape index (κ3) is 4.32. The second-order valence-corrected chi connectivity index (χ2v) is 7.84. The molecule has 0 amide bonds. The highest BCUT2D eigenvalue weighted by Crippen LogP contribution is 2.26. The summed E-state index contributed by atoms with van der Waals surface area (Å²) in [6.45, 7) is 6.53. The number of carbonyl (C=O) groups is 1. The van der Waals surface area contributed by atoms with Gasteiger partial charge in [0.05, 0.1) is 28.7 Å². The molecule has 0 spiro atoms. The molecule has 4 heterocycles. The summed E-state index contributed by atoms with van der Waals surface area (Å²) in [5, 5.41) is 10.4. The number of likely N-dealkylation sites (tertiary alicyclic amines) is 1. The van der Waals surface area contributed by atoms with E-state index in [9.17, 15) is 9.90 Å². The molecule has 1 aliphatic heterocycles. The smallest absolute Gasteiger partial charge is 0.335 e. The number of unbranched alkanes of at least 4 members (excludes halogenated alkanes) is 1. The summed E-state index contributed by atoms with van der Waals surface area (Å²) in [5.41, 5.74) is 4.00. The molecule has 3 aromatic rings. The largest absolute Gasteiger partial charge is 0.478 e. The van der Waals surface area contributed by atoms with Gasteiger partial charge >= 0.3 is 5.97 Å². The van der Waals surface area contributed by atoms with E-state index in [4.69, 9.17) is 0 Å². The minimum atomic E-state index is -0.954. The Morgan fingerprint density at radius 3 is 2.66 bits per heavy atom. The molecule has 1 fully saturated rings. The summed E-state index contributed by atoms with van der Waals surface area (Å²) in [4.78, 5) is 22.8. The van der Waals surface area contributed by atoms with Gasteiger partial charge in [0.15, 0.2) is 0 Å². The van der Waals surface area contributed by atoms with E-state index in [0.29, 0.717) is 11.4 Å². The van der Waals surface area contributed by atoms with Gasteiger partial charge in [0.2, 0.25) is 0 Å². The van der Waals surface area contributed by atoms with Gasteiger partial charge < -0.3 is 9.67 Å². The first-order valence-electron chi connectivity index (χ1n) is 10.6. The minimum absolute atomic E-state index is 0.225. The number of nitrogens with zero attached hydrogens (tertiary/aromatic N) is 4. The Kier molecular flexibility index (Phi) is 5.90. The van der Waals surface area contributed by atoms with E-state index >= 15 is 0 Å². The molecule has 1 aliphatic rings. The molecule has 0 aliphatic carbocycles. The van der Waals surface area contributed by atoms with Crippen LogP contribution in [-0.4, -0.2) is 43.6 Å². The van der Waals surface area contributed by atoms with Gasteiger partial charge in [-0.2, -0.15) is 0 Å². The van der Waals surface area contributed by atoms with Crippen LogP contribution in [0.15, 0.2) is 36.7 Å². The van der Waals surface area contributed by atoms with Crippen LogP contribution in [-0.2, 0) is 13.1 Å². The number of carboxylic acid groups (broad SMARTS) is 1. The highest BCUT2D eigenvalue weighted by molar-refractivity contribution is 5.89. The average Bonchev–Trinajstić information content (AvgIpc) is 3.09. The maximum absolute atomic E-state index is 11.3. The van der Waals surface area contributed by atoms with Crippen LogP contribution in [0.4, 0.5) is 0 Å². The predicted octanol–water partition coefficient (Wildman–Crippen LogP) is 4.58. The molecule has 6 nitrogen and oxygen atoms in total. The first-order valence-corrected chi connectivity index (χ1v) is 10.6. The summed E-state index contributed by atoms with van der Waals surface area (Å²) < 4.78 is 2.41. The van der Waals surface area contributed by atoms with Gasteiger partial charge in [0.1, 0.15) is 0 Å². The first-order chi connectivity index (χ1) is 14.2. The molecule has 0 unspecified atom stereocenters. The molecule has 0 aromatic carbocycles. The maximum atomic E-state index is 11.3. The maximum Gasteiger partial charge on any atom is 0.335 e. The van der Waals surface area contributed by atoms with Crippen molar-refractivity contribution >= 4 is 16.9 Å². The molecule has 0 radical (unpaired) electrons. The first kappa shape index (κ1) is 19.6. The fourth-order valence-corrected chi connectivity index (χ4v) is 4.12. The molecule has 4 rings (SSSR count). The summed E-state index contributed by atoms with van der Waals surface area (Å²) in [7, 11) is 0. The van der Waals surface area contributed by atoms with Crippen molar-refractivity contribution in [3.05, 3.63) is 47.9 Å². The van der Waals surface area contributed by atoms with Gasteiger partial charge in [0.25, 0.3) is 0 Å². The van der Waals surface area contributed by atoms with E-state index in [-0.39, 0.29) is 5.56 Å². The van der Waals surface area contributed by atoms with E-state index in [1.54, 1.807) is 6.07 Å². The van der Waals surface area contributed by atoms with Crippen molar-refractivity contribution in [2.45, 2.75) is 52.1 Å². The van der Waals surface area contributed by atoms with Crippen molar-refractivity contribution in [1.29, 1.82) is 0 Å². The zero-order valence-corrected chi connectivity index (χ0v) is 17.0. The fourth-order valence-electron chi connectivity index (χ4n) is 4.12. The van der Waals surface area contributed by atoms with Crippen LogP contribution in [0.5, 0.6) is 0 Å². The van der Waals surface area contributed by atoms with E-state index in [1.165, 1.54) is 50.3 Å². The molecular weight excluding hydrogens is 364 g/mol. The number of carboxylic acids is 1. The number of fused-ring (bicyclic) bond motifs is 1. The molecule has 29 heavy (non-hydrogen) atoms. The molecule has 0 bridgehead atoms. The number of rotatable bonds is 7. The number of aromatic nitrogens is 3. The zero-order valence-electron chi connectivity index (χ0n) is 17.0. The van der Waals surface area contributed by atoms with Crippen molar-refractivity contribution < 1.29 is 9.90 Å². The second-order valence-electron chi connectivity index (χ2n) is 7.84. The summed E-state index contributed by atoms with van der Waals surface area (Å²) in [6, 6.07) is 7.39. The van der Waals surface area contributed by atoms with Crippen LogP contribution in [0.2, 0.25) is 0 Å². The Balaban J connectivity index is 1.70. The Morgan fingerprint density at radius 2 is 1.90 bits per heavy atom. The van der Waals surface area contributed by atoms with Crippen LogP contribution in [0.3, 0.4) is 0 Å². The number of hydrogen-bond acceptors (Lipinski definition) is 4. The van der Waals surface area contributed by atoms with Crippen molar-refractivity contribution in [3.8, 4) is 11.4 Å². The number of aryl methyl sites for hydroxylation is 1. The molecular formula is C23H28N4O2. The van der Waals surface area contributed by atoms with Crippen LogP contribution in [0.25, 0.3) is 22.3 Å². The van der Waals surface area contributed by atoms with E-state index in [2.05, 4.69) is 32.4 Å².